The highest BCUT2D eigenvalue weighted by Gasteiger charge is 2.28. The van der Waals surface area contributed by atoms with Crippen LogP contribution in [0, 0.1) is 12.8 Å². The van der Waals surface area contributed by atoms with E-state index in [4.69, 9.17) is 4.74 Å². The van der Waals surface area contributed by atoms with Gasteiger partial charge in [-0.25, -0.2) is 0 Å². The summed E-state index contributed by atoms with van der Waals surface area (Å²) in [5, 5.41) is 16.2. The maximum Gasteiger partial charge on any atom is 0.0900 e. The molecule has 0 bridgehead atoms. The lowest BCUT2D eigenvalue weighted by Gasteiger charge is -2.31. The Morgan fingerprint density at radius 1 is 1.38 bits per heavy atom. The van der Waals surface area contributed by atoms with Gasteiger partial charge in [-0.15, -0.1) is 0 Å². The quantitative estimate of drug-likeness (QED) is 0.773. The van der Waals surface area contributed by atoms with Crippen LogP contribution < -0.4 is 5.32 Å². The normalized spacial score (nSPS) is 21.2. The lowest BCUT2D eigenvalue weighted by Crippen LogP contribution is -2.28. The molecule has 6 heteroatoms. The average Bonchev–Trinajstić information content (AvgIpc) is 3.21. The van der Waals surface area contributed by atoms with Crippen molar-refractivity contribution in [2.45, 2.75) is 25.9 Å². The standard InChI is InChI=1S/C18H23N5O/c1-12-6-17-14(9-20-22-17)7-16(12)19-8-13-4-3-5-24-18(13)15-10-21-23(2)11-15/h6-7,9-11,13,18-19H,3-5,8H2,1-2H3,(H,20,22)/t13-,18+/m0/s1. The zero-order valence-electron chi connectivity index (χ0n) is 14.1. The maximum absolute atomic E-state index is 6.06. The first-order valence-electron chi connectivity index (χ1n) is 8.48. The van der Waals surface area contributed by atoms with Gasteiger partial charge in [0.1, 0.15) is 0 Å². The number of benzene rings is 1. The van der Waals surface area contributed by atoms with Crippen LogP contribution in [-0.4, -0.2) is 33.1 Å². The van der Waals surface area contributed by atoms with Crippen molar-refractivity contribution in [1.29, 1.82) is 0 Å². The third kappa shape index (κ3) is 2.89. The summed E-state index contributed by atoms with van der Waals surface area (Å²) in [6.45, 7) is 3.85. The van der Waals surface area contributed by atoms with Crippen LogP contribution in [0.5, 0.6) is 0 Å². The molecule has 6 nitrogen and oxygen atoms in total. The number of nitrogens with one attached hydrogen (secondary N) is 2. The number of rotatable bonds is 4. The molecule has 3 heterocycles. The number of ether oxygens (including phenoxy) is 1. The van der Waals surface area contributed by atoms with Crippen molar-refractivity contribution in [3.8, 4) is 0 Å². The van der Waals surface area contributed by atoms with Crippen molar-refractivity contribution in [1.82, 2.24) is 20.0 Å². The van der Waals surface area contributed by atoms with Gasteiger partial charge in [0.2, 0.25) is 0 Å². The van der Waals surface area contributed by atoms with E-state index in [9.17, 15) is 0 Å². The summed E-state index contributed by atoms with van der Waals surface area (Å²) in [5.41, 5.74) is 4.64. The molecule has 2 aromatic heterocycles. The van der Waals surface area contributed by atoms with E-state index in [0.717, 1.165) is 30.5 Å². The predicted molar refractivity (Wildman–Crippen MR) is 93.9 cm³/mol. The fourth-order valence-electron chi connectivity index (χ4n) is 3.54. The number of H-pyrrole nitrogens is 1. The number of fused-ring (bicyclic) bond motifs is 1. The lowest BCUT2D eigenvalue weighted by molar-refractivity contribution is -0.0238. The molecular weight excluding hydrogens is 302 g/mol. The van der Waals surface area contributed by atoms with Crippen LogP contribution >= 0.6 is 0 Å². The molecule has 1 saturated heterocycles. The molecule has 2 atom stereocenters. The molecule has 3 aromatic rings. The summed E-state index contributed by atoms with van der Waals surface area (Å²) in [4.78, 5) is 0. The third-order valence-corrected chi connectivity index (χ3v) is 4.84. The van der Waals surface area contributed by atoms with E-state index in [1.807, 2.05) is 24.1 Å². The fourth-order valence-corrected chi connectivity index (χ4v) is 3.54. The molecule has 126 valence electrons. The van der Waals surface area contributed by atoms with Crippen LogP contribution in [-0.2, 0) is 11.8 Å². The van der Waals surface area contributed by atoms with Gasteiger partial charge in [-0.3, -0.25) is 9.78 Å². The topological polar surface area (TPSA) is 67.8 Å². The fraction of sp³-hybridized carbons (Fsp3) is 0.444. The van der Waals surface area contributed by atoms with E-state index in [0.29, 0.717) is 5.92 Å². The van der Waals surface area contributed by atoms with E-state index in [1.165, 1.54) is 23.2 Å². The number of hydrogen-bond acceptors (Lipinski definition) is 4. The SMILES string of the molecule is Cc1cc2[nH]ncc2cc1NC[C@@H]1CCCO[C@H]1c1cnn(C)c1. The minimum Gasteiger partial charge on any atom is -0.384 e. The Bertz CT molecular complexity index is 837. The molecule has 4 rings (SSSR count). The van der Waals surface area contributed by atoms with Crippen LogP contribution in [0.1, 0.15) is 30.1 Å². The highest BCUT2D eigenvalue weighted by atomic mass is 16.5. The summed E-state index contributed by atoms with van der Waals surface area (Å²) in [5.74, 6) is 0.447. The first-order chi connectivity index (χ1) is 11.7. The van der Waals surface area contributed by atoms with E-state index < -0.39 is 0 Å². The number of anilines is 1. The zero-order chi connectivity index (χ0) is 16.5. The Morgan fingerprint density at radius 2 is 2.29 bits per heavy atom. The summed E-state index contributed by atoms with van der Waals surface area (Å²) in [6, 6.07) is 4.30. The summed E-state index contributed by atoms with van der Waals surface area (Å²) < 4.78 is 7.90. The molecule has 0 saturated carbocycles. The molecule has 1 aliphatic heterocycles. The van der Waals surface area contributed by atoms with Gasteiger partial charge in [0.15, 0.2) is 0 Å². The number of aryl methyl sites for hydroxylation is 2. The smallest absolute Gasteiger partial charge is 0.0900 e. The van der Waals surface area contributed by atoms with Gasteiger partial charge in [-0.1, -0.05) is 0 Å². The van der Waals surface area contributed by atoms with E-state index >= 15 is 0 Å². The Hall–Kier alpha value is -2.34. The van der Waals surface area contributed by atoms with Crippen molar-refractivity contribution < 1.29 is 4.74 Å². The molecule has 0 unspecified atom stereocenters. The van der Waals surface area contributed by atoms with Crippen molar-refractivity contribution in [3.05, 3.63) is 41.9 Å². The van der Waals surface area contributed by atoms with Crippen molar-refractivity contribution in [2.75, 3.05) is 18.5 Å². The van der Waals surface area contributed by atoms with Crippen molar-refractivity contribution >= 4 is 16.6 Å². The van der Waals surface area contributed by atoms with Crippen molar-refractivity contribution in [2.24, 2.45) is 13.0 Å². The second-order valence-electron chi connectivity index (χ2n) is 6.65. The Morgan fingerprint density at radius 3 is 3.12 bits per heavy atom. The van der Waals surface area contributed by atoms with Crippen LogP contribution in [0.25, 0.3) is 10.9 Å². The van der Waals surface area contributed by atoms with Crippen molar-refractivity contribution in [3.63, 3.8) is 0 Å². The second kappa shape index (κ2) is 6.28. The second-order valence-corrected chi connectivity index (χ2v) is 6.65. The molecule has 2 N–H and O–H groups in total. The molecule has 0 aliphatic carbocycles. The summed E-state index contributed by atoms with van der Waals surface area (Å²) in [6.07, 6.45) is 8.25. The van der Waals surface area contributed by atoms with Gasteiger partial charge < -0.3 is 10.1 Å². The molecule has 0 spiro atoms. The predicted octanol–water partition coefficient (Wildman–Crippen LogP) is 3.18. The average molecular weight is 325 g/mol. The van der Waals surface area contributed by atoms with E-state index in [1.54, 1.807) is 0 Å². The summed E-state index contributed by atoms with van der Waals surface area (Å²) in [7, 11) is 1.95. The van der Waals surface area contributed by atoms with Gasteiger partial charge >= 0.3 is 0 Å². The Labute approximate surface area is 141 Å². The third-order valence-electron chi connectivity index (χ3n) is 4.84. The molecular formula is C18H23N5O. The van der Waals surface area contributed by atoms with Crippen LogP contribution in [0.4, 0.5) is 5.69 Å². The van der Waals surface area contributed by atoms with Crippen LogP contribution in [0.15, 0.2) is 30.7 Å². The Kier molecular flexibility index (Phi) is 3.98. The highest BCUT2D eigenvalue weighted by molar-refractivity contribution is 5.83. The van der Waals surface area contributed by atoms with Gasteiger partial charge in [-0.05, 0) is 37.5 Å². The first kappa shape index (κ1) is 15.2. The number of hydrogen-bond donors (Lipinski definition) is 2. The lowest BCUT2D eigenvalue weighted by atomic mass is 9.90. The monoisotopic (exact) mass is 325 g/mol. The van der Waals surface area contributed by atoms with E-state index in [2.05, 4.69) is 45.9 Å². The maximum atomic E-state index is 6.06. The van der Waals surface area contributed by atoms with Crippen LogP contribution in [0.3, 0.4) is 0 Å². The minimum absolute atomic E-state index is 0.123. The number of nitrogens with zero attached hydrogens (tertiary/aromatic N) is 3. The van der Waals surface area contributed by atoms with E-state index in [-0.39, 0.29) is 6.10 Å². The molecule has 0 radical (unpaired) electrons. The number of aromatic amines is 1. The zero-order valence-corrected chi connectivity index (χ0v) is 14.1. The molecule has 24 heavy (non-hydrogen) atoms. The molecule has 0 amide bonds. The molecule has 1 aromatic carbocycles. The van der Waals surface area contributed by atoms with Gasteiger partial charge in [0, 0.05) is 49.0 Å². The minimum atomic E-state index is 0.123. The van der Waals surface area contributed by atoms with Crippen LogP contribution in [0.2, 0.25) is 0 Å². The first-order valence-corrected chi connectivity index (χ1v) is 8.48. The Balaban J connectivity index is 1.51. The van der Waals surface area contributed by atoms with Gasteiger partial charge in [0.05, 0.1) is 24.0 Å². The number of aromatic nitrogens is 4. The largest absolute Gasteiger partial charge is 0.384 e. The summed E-state index contributed by atoms with van der Waals surface area (Å²) >= 11 is 0. The molecule has 1 fully saturated rings. The molecule has 1 aliphatic rings. The highest BCUT2D eigenvalue weighted by Crippen LogP contribution is 2.34. The van der Waals surface area contributed by atoms with Gasteiger partial charge in [0.25, 0.3) is 0 Å². The van der Waals surface area contributed by atoms with Gasteiger partial charge in [-0.2, -0.15) is 10.2 Å².